The molecule has 0 unspecified atom stereocenters. The lowest BCUT2D eigenvalue weighted by Crippen LogP contribution is -2.43. The van der Waals surface area contributed by atoms with Crippen molar-refractivity contribution in [2.45, 2.75) is 32.0 Å². The van der Waals surface area contributed by atoms with E-state index in [1.165, 1.54) is 45.1 Å². The molecule has 3 aromatic rings. The minimum absolute atomic E-state index is 0.0931. The maximum absolute atomic E-state index is 13.5. The van der Waals surface area contributed by atoms with Crippen LogP contribution in [0.3, 0.4) is 0 Å². The highest BCUT2D eigenvalue weighted by molar-refractivity contribution is 5.93. The first kappa shape index (κ1) is 25.1. The molecule has 0 saturated carbocycles. The molecular formula is C25H29N3O8. The second-order valence-electron chi connectivity index (χ2n) is 8.26. The Labute approximate surface area is 207 Å². The first-order chi connectivity index (χ1) is 17.4. The number of ether oxygens (including phenoxy) is 5. The predicted molar refractivity (Wildman–Crippen MR) is 133 cm³/mol. The van der Waals surface area contributed by atoms with Gasteiger partial charge in [0.15, 0.2) is 11.5 Å². The van der Waals surface area contributed by atoms with E-state index in [9.17, 15) is 14.4 Å². The number of nitrogens with zero attached hydrogens (tertiary/aromatic N) is 2. The molecule has 2 aromatic carbocycles. The molecule has 2 heterocycles. The second-order valence-corrected chi connectivity index (χ2v) is 8.26. The number of carbonyl (C=O) groups is 1. The van der Waals surface area contributed by atoms with E-state index in [1.54, 1.807) is 18.2 Å². The van der Waals surface area contributed by atoms with Crippen molar-refractivity contribution in [3.05, 3.63) is 51.2 Å². The van der Waals surface area contributed by atoms with E-state index in [1.807, 2.05) is 0 Å². The van der Waals surface area contributed by atoms with Gasteiger partial charge in [0.1, 0.15) is 18.0 Å². The van der Waals surface area contributed by atoms with E-state index in [0.717, 1.165) is 17.4 Å². The van der Waals surface area contributed by atoms with Gasteiger partial charge in [-0.25, -0.2) is 4.79 Å². The van der Waals surface area contributed by atoms with E-state index in [0.29, 0.717) is 35.3 Å². The molecule has 1 aliphatic rings. The van der Waals surface area contributed by atoms with Crippen LogP contribution in [0.2, 0.25) is 0 Å². The SMILES string of the molecule is COc1ccc(NC(=O)Cn2c(=O)n(C[C@@H]3CCCO3)c(=O)c3cc(OC)c(OC)cc32)c(OC)c1. The molecule has 0 spiro atoms. The van der Waals surface area contributed by atoms with Crippen molar-refractivity contribution in [1.29, 1.82) is 0 Å². The van der Waals surface area contributed by atoms with Gasteiger partial charge >= 0.3 is 5.69 Å². The van der Waals surface area contributed by atoms with Crippen LogP contribution in [0, 0.1) is 0 Å². The average Bonchev–Trinajstić information content (AvgIpc) is 3.41. The van der Waals surface area contributed by atoms with Crippen molar-refractivity contribution in [2.75, 3.05) is 40.4 Å². The molecule has 1 atom stereocenters. The molecule has 11 heteroatoms. The van der Waals surface area contributed by atoms with Gasteiger partial charge in [0.25, 0.3) is 5.56 Å². The van der Waals surface area contributed by atoms with Crippen LogP contribution in [0.15, 0.2) is 39.9 Å². The Kier molecular flexibility index (Phi) is 7.49. The number of rotatable bonds is 9. The fourth-order valence-corrected chi connectivity index (χ4v) is 4.28. The highest BCUT2D eigenvalue weighted by Gasteiger charge is 2.23. The smallest absolute Gasteiger partial charge is 0.332 e. The highest BCUT2D eigenvalue weighted by Crippen LogP contribution is 2.31. The number of benzene rings is 2. The lowest BCUT2D eigenvalue weighted by Gasteiger charge is -2.18. The zero-order valence-electron chi connectivity index (χ0n) is 20.7. The van der Waals surface area contributed by atoms with Crippen LogP contribution in [0.25, 0.3) is 10.9 Å². The summed E-state index contributed by atoms with van der Waals surface area (Å²) in [7, 11) is 5.91. The number of fused-ring (bicyclic) bond motifs is 1. The van der Waals surface area contributed by atoms with Crippen molar-refractivity contribution in [3.63, 3.8) is 0 Å². The summed E-state index contributed by atoms with van der Waals surface area (Å²) in [6.45, 7) is 0.319. The Bertz CT molecular complexity index is 1390. The second kappa shape index (κ2) is 10.7. The Morgan fingerprint density at radius 2 is 1.69 bits per heavy atom. The van der Waals surface area contributed by atoms with Crippen LogP contribution in [0.4, 0.5) is 5.69 Å². The third-order valence-electron chi connectivity index (χ3n) is 6.12. The maximum atomic E-state index is 13.5. The fourth-order valence-electron chi connectivity index (χ4n) is 4.28. The summed E-state index contributed by atoms with van der Waals surface area (Å²) >= 11 is 0. The van der Waals surface area contributed by atoms with Gasteiger partial charge in [-0.05, 0) is 31.0 Å². The third-order valence-corrected chi connectivity index (χ3v) is 6.12. The van der Waals surface area contributed by atoms with Crippen LogP contribution in [0.1, 0.15) is 12.8 Å². The number of amides is 1. The standard InChI is InChI=1S/C25H29N3O8/c1-32-15-7-8-18(20(10-15)33-2)26-23(29)14-27-19-12-22(35-4)21(34-3)11-17(19)24(30)28(25(27)31)13-16-6-5-9-36-16/h7-8,10-12,16H,5-6,9,13-14H2,1-4H3,(H,26,29)/t16-/m0/s1. The van der Waals surface area contributed by atoms with Crippen LogP contribution >= 0.6 is 0 Å². The zero-order chi connectivity index (χ0) is 25.8. The lowest BCUT2D eigenvalue weighted by atomic mass is 10.2. The topological polar surface area (TPSA) is 119 Å². The number of methoxy groups -OCH3 is 4. The number of nitrogens with one attached hydrogen (secondary N) is 1. The van der Waals surface area contributed by atoms with Crippen LogP contribution in [-0.4, -0.2) is 56.2 Å². The molecule has 1 aromatic heterocycles. The molecule has 1 aliphatic heterocycles. The summed E-state index contributed by atoms with van der Waals surface area (Å²) in [5.41, 5.74) is -0.442. The maximum Gasteiger partial charge on any atom is 0.332 e. The molecule has 1 amide bonds. The Balaban J connectivity index is 1.79. The number of anilines is 1. The molecule has 1 N–H and O–H groups in total. The van der Waals surface area contributed by atoms with Gasteiger partial charge < -0.3 is 29.0 Å². The molecule has 0 aliphatic carbocycles. The minimum Gasteiger partial charge on any atom is -0.497 e. The molecule has 4 rings (SSSR count). The van der Waals surface area contributed by atoms with Gasteiger partial charge in [0, 0.05) is 18.7 Å². The molecule has 36 heavy (non-hydrogen) atoms. The number of hydrogen-bond acceptors (Lipinski definition) is 8. The van der Waals surface area contributed by atoms with E-state index in [2.05, 4.69) is 5.32 Å². The van der Waals surface area contributed by atoms with Crippen molar-refractivity contribution >= 4 is 22.5 Å². The quantitative estimate of drug-likeness (QED) is 0.475. The van der Waals surface area contributed by atoms with Crippen LogP contribution in [0.5, 0.6) is 23.0 Å². The predicted octanol–water partition coefficient (Wildman–Crippen LogP) is 2.02. The normalized spacial score (nSPS) is 15.1. The summed E-state index contributed by atoms with van der Waals surface area (Å²) in [5, 5.41) is 2.99. The van der Waals surface area contributed by atoms with E-state index in [-0.39, 0.29) is 30.1 Å². The largest absolute Gasteiger partial charge is 0.497 e. The minimum atomic E-state index is -0.618. The van der Waals surface area contributed by atoms with E-state index in [4.69, 9.17) is 23.7 Å². The van der Waals surface area contributed by atoms with Gasteiger partial charge in [0.05, 0.1) is 57.7 Å². The van der Waals surface area contributed by atoms with Crippen molar-refractivity contribution in [2.24, 2.45) is 0 Å². The Morgan fingerprint density at radius 1 is 0.972 bits per heavy atom. The fraction of sp³-hybridized carbons (Fsp3) is 0.400. The summed E-state index contributed by atoms with van der Waals surface area (Å²) < 4.78 is 29.3. The van der Waals surface area contributed by atoms with Crippen molar-refractivity contribution in [1.82, 2.24) is 9.13 Å². The van der Waals surface area contributed by atoms with Crippen LogP contribution < -0.4 is 35.5 Å². The van der Waals surface area contributed by atoms with Gasteiger partial charge in [-0.2, -0.15) is 0 Å². The summed E-state index contributed by atoms with van der Waals surface area (Å²) in [5.74, 6) is 1.14. The average molecular weight is 500 g/mol. The van der Waals surface area contributed by atoms with E-state index < -0.39 is 17.2 Å². The molecule has 11 nitrogen and oxygen atoms in total. The lowest BCUT2D eigenvalue weighted by molar-refractivity contribution is -0.116. The van der Waals surface area contributed by atoms with Crippen molar-refractivity contribution < 1.29 is 28.5 Å². The molecular weight excluding hydrogens is 470 g/mol. The highest BCUT2D eigenvalue weighted by atomic mass is 16.5. The number of aromatic nitrogens is 2. The van der Waals surface area contributed by atoms with Gasteiger partial charge in [-0.15, -0.1) is 0 Å². The monoisotopic (exact) mass is 499 g/mol. The first-order valence-electron chi connectivity index (χ1n) is 11.4. The van der Waals surface area contributed by atoms with E-state index >= 15 is 0 Å². The summed E-state index contributed by atoms with van der Waals surface area (Å²) in [6, 6.07) is 7.99. The van der Waals surface area contributed by atoms with Gasteiger partial charge in [0.2, 0.25) is 5.91 Å². The summed E-state index contributed by atoms with van der Waals surface area (Å²) in [4.78, 5) is 40.0. The molecule has 0 bridgehead atoms. The van der Waals surface area contributed by atoms with Gasteiger partial charge in [-0.1, -0.05) is 0 Å². The molecule has 0 radical (unpaired) electrons. The summed E-state index contributed by atoms with van der Waals surface area (Å²) in [6.07, 6.45) is 1.35. The molecule has 1 saturated heterocycles. The molecule has 192 valence electrons. The zero-order valence-corrected chi connectivity index (χ0v) is 20.7. The Morgan fingerprint density at radius 3 is 2.33 bits per heavy atom. The van der Waals surface area contributed by atoms with Crippen molar-refractivity contribution in [3.8, 4) is 23.0 Å². The van der Waals surface area contributed by atoms with Crippen LogP contribution in [-0.2, 0) is 22.6 Å². The first-order valence-corrected chi connectivity index (χ1v) is 11.4. The number of carbonyl (C=O) groups excluding carboxylic acids is 1. The van der Waals surface area contributed by atoms with Gasteiger partial charge in [-0.3, -0.25) is 18.7 Å². The molecule has 1 fully saturated rings. The third kappa shape index (κ3) is 4.87. The Hall–Kier alpha value is -3.99. The number of hydrogen-bond donors (Lipinski definition) is 1.